The van der Waals surface area contributed by atoms with Gasteiger partial charge < -0.3 is 15.3 Å². The topological polar surface area (TPSA) is 70.9 Å². The van der Waals surface area contributed by atoms with Gasteiger partial charge in [-0.2, -0.15) is 0 Å². The molecule has 1 aliphatic carbocycles. The van der Waals surface area contributed by atoms with Crippen molar-refractivity contribution in [1.82, 2.24) is 5.32 Å². The van der Waals surface area contributed by atoms with Gasteiger partial charge >= 0.3 is 0 Å². The van der Waals surface area contributed by atoms with Crippen LogP contribution < -0.4 is 5.32 Å². The highest BCUT2D eigenvalue weighted by molar-refractivity contribution is 5.84. The first-order valence-corrected chi connectivity index (χ1v) is 7.05. The number of carbonyl (C=O) groups excluding carboxylic acids is 1. The molecule has 0 aromatic rings. The molecule has 1 saturated carbocycles. The molecule has 0 spiro atoms. The zero-order valence-corrected chi connectivity index (χ0v) is 12.4. The summed E-state index contributed by atoms with van der Waals surface area (Å²) in [6.45, 7) is 7.84. The van der Waals surface area contributed by atoms with Crippen LogP contribution in [0.4, 0.5) is 0 Å². The van der Waals surface area contributed by atoms with Crippen LogP contribution in [0, 0.1) is 0 Å². The number of nitrogens with one attached hydrogen (secondary N) is 1. The molecule has 1 aliphatic rings. The molecule has 2 N–H and O–H groups in total. The minimum atomic E-state index is -0.441. The molecule has 0 bridgehead atoms. The number of oxime groups is 1. The van der Waals surface area contributed by atoms with Gasteiger partial charge in [-0.15, -0.1) is 0 Å². The van der Waals surface area contributed by atoms with Gasteiger partial charge in [0.15, 0.2) is 0 Å². The Morgan fingerprint density at radius 1 is 1.53 bits per heavy atom. The van der Waals surface area contributed by atoms with Crippen LogP contribution in [-0.2, 0) is 9.53 Å². The maximum atomic E-state index is 12.0. The lowest BCUT2D eigenvalue weighted by Crippen LogP contribution is -2.48. The van der Waals surface area contributed by atoms with Gasteiger partial charge in [-0.25, -0.2) is 0 Å². The molecule has 1 rings (SSSR count). The highest BCUT2D eigenvalue weighted by Crippen LogP contribution is 2.20. The van der Waals surface area contributed by atoms with E-state index in [0.717, 1.165) is 37.8 Å². The van der Waals surface area contributed by atoms with Gasteiger partial charge in [0.05, 0.1) is 11.8 Å². The molecule has 0 aliphatic heterocycles. The third kappa shape index (κ3) is 5.19. The average Bonchev–Trinajstić information content (AvgIpc) is 2.39. The average molecular weight is 270 g/mol. The van der Waals surface area contributed by atoms with Crippen molar-refractivity contribution in [2.45, 2.75) is 77.5 Å². The van der Waals surface area contributed by atoms with Crippen molar-refractivity contribution in [3.8, 4) is 0 Å². The van der Waals surface area contributed by atoms with Crippen molar-refractivity contribution < 1.29 is 14.7 Å². The summed E-state index contributed by atoms with van der Waals surface area (Å²) in [4.78, 5) is 12.0. The van der Waals surface area contributed by atoms with Crippen LogP contribution in [0.15, 0.2) is 5.16 Å². The Kier molecular flexibility index (Phi) is 5.79. The number of carbonyl (C=O) groups is 1. The minimum Gasteiger partial charge on any atom is -0.411 e. The first kappa shape index (κ1) is 16.0. The summed E-state index contributed by atoms with van der Waals surface area (Å²) in [5, 5.41) is 14.9. The third-order valence-electron chi connectivity index (χ3n) is 3.76. The van der Waals surface area contributed by atoms with E-state index in [9.17, 15) is 4.79 Å². The van der Waals surface area contributed by atoms with Gasteiger partial charge in [0.2, 0.25) is 5.91 Å². The quantitative estimate of drug-likeness (QED) is 0.595. The molecule has 1 unspecified atom stereocenters. The van der Waals surface area contributed by atoms with E-state index >= 15 is 0 Å². The molecule has 1 fully saturated rings. The van der Waals surface area contributed by atoms with Gasteiger partial charge in [-0.3, -0.25) is 4.79 Å². The van der Waals surface area contributed by atoms with Crippen molar-refractivity contribution in [2.24, 2.45) is 5.16 Å². The second kappa shape index (κ2) is 6.89. The number of nitrogens with zero attached hydrogens (tertiary/aromatic N) is 1. The van der Waals surface area contributed by atoms with E-state index < -0.39 is 6.10 Å². The molecule has 1 atom stereocenters. The summed E-state index contributed by atoms with van der Waals surface area (Å²) in [6.07, 6.45) is 3.64. The third-order valence-corrected chi connectivity index (χ3v) is 3.76. The zero-order chi connectivity index (χ0) is 14.5. The lowest BCUT2D eigenvalue weighted by atomic mass is 9.95. The first-order chi connectivity index (χ1) is 8.88. The Labute approximate surface area is 115 Å². The molecule has 0 aromatic carbocycles. The SMILES string of the molecule is CCC(C)(C)NC(=O)C(C)OC1CCC(=NO)CC1. The molecule has 5 nitrogen and oxygen atoms in total. The lowest BCUT2D eigenvalue weighted by molar-refractivity contribution is -0.137. The number of rotatable bonds is 5. The zero-order valence-electron chi connectivity index (χ0n) is 12.4. The molecular formula is C14H26N2O3. The summed E-state index contributed by atoms with van der Waals surface area (Å²) in [5.74, 6) is -0.0616. The molecule has 0 aromatic heterocycles. The van der Waals surface area contributed by atoms with E-state index in [0.29, 0.717) is 0 Å². The number of amides is 1. The lowest BCUT2D eigenvalue weighted by Gasteiger charge is -2.29. The first-order valence-electron chi connectivity index (χ1n) is 7.05. The van der Waals surface area contributed by atoms with Gasteiger partial charge in [0.1, 0.15) is 6.10 Å². The molecule has 0 heterocycles. The van der Waals surface area contributed by atoms with E-state index in [1.807, 2.05) is 20.8 Å². The van der Waals surface area contributed by atoms with E-state index in [1.54, 1.807) is 6.92 Å². The van der Waals surface area contributed by atoms with Crippen LogP contribution in [0.1, 0.15) is 59.8 Å². The van der Waals surface area contributed by atoms with E-state index in [2.05, 4.69) is 10.5 Å². The van der Waals surface area contributed by atoms with Crippen LogP contribution in [0.3, 0.4) is 0 Å². The van der Waals surface area contributed by atoms with Gasteiger partial charge in [-0.1, -0.05) is 12.1 Å². The summed E-state index contributed by atoms with van der Waals surface area (Å²) in [7, 11) is 0. The Hall–Kier alpha value is -1.10. The molecule has 19 heavy (non-hydrogen) atoms. The molecule has 5 heteroatoms. The van der Waals surface area contributed by atoms with Gasteiger partial charge in [-0.05, 0) is 52.9 Å². The van der Waals surface area contributed by atoms with Crippen molar-refractivity contribution in [3.63, 3.8) is 0 Å². The molecule has 110 valence electrons. The minimum absolute atomic E-state index is 0.0616. The Bertz CT molecular complexity index is 330. The van der Waals surface area contributed by atoms with Crippen molar-refractivity contribution in [1.29, 1.82) is 0 Å². The summed E-state index contributed by atoms with van der Waals surface area (Å²) < 4.78 is 5.79. The van der Waals surface area contributed by atoms with Crippen LogP contribution in [0.5, 0.6) is 0 Å². The van der Waals surface area contributed by atoms with Crippen LogP contribution in [0.25, 0.3) is 0 Å². The van der Waals surface area contributed by atoms with Crippen molar-refractivity contribution >= 4 is 11.6 Å². The molecule has 0 radical (unpaired) electrons. The van der Waals surface area contributed by atoms with E-state index in [1.165, 1.54) is 0 Å². The van der Waals surface area contributed by atoms with Crippen LogP contribution in [-0.4, -0.2) is 34.6 Å². The highest BCUT2D eigenvalue weighted by atomic mass is 16.5. The van der Waals surface area contributed by atoms with E-state index in [4.69, 9.17) is 9.94 Å². The fraction of sp³-hybridized carbons (Fsp3) is 0.857. The molecular weight excluding hydrogens is 244 g/mol. The standard InChI is InChI=1S/C14H26N2O3/c1-5-14(3,4)15-13(17)10(2)19-12-8-6-11(16-18)7-9-12/h10,12,18H,5-9H2,1-4H3,(H,15,17). The fourth-order valence-electron chi connectivity index (χ4n) is 2.03. The van der Waals surface area contributed by atoms with Crippen LogP contribution >= 0.6 is 0 Å². The number of hydrogen-bond donors (Lipinski definition) is 2. The summed E-state index contributed by atoms with van der Waals surface area (Å²) >= 11 is 0. The number of hydrogen-bond acceptors (Lipinski definition) is 4. The Morgan fingerprint density at radius 3 is 2.58 bits per heavy atom. The Balaban J connectivity index is 2.39. The van der Waals surface area contributed by atoms with Crippen LogP contribution in [0.2, 0.25) is 0 Å². The Morgan fingerprint density at radius 2 is 2.11 bits per heavy atom. The smallest absolute Gasteiger partial charge is 0.249 e. The monoisotopic (exact) mass is 270 g/mol. The number of ether oxygens (including phenoxy) is 1. The maximum absolute atomic E-state index is 12.0. The second-order valence-corrected chi connectivity index (χ2v) is 5.87. The molecule has 0 saturated heterocycles. The van der Waals surface area contributed by atoms with Gasteiger partial charge in [0, 0.05) is 5.54 Å². The van der Waals surface area contributed by atoms with Crippen molar-refractivity contribution in [2.75, 3.05) is 0 Å². The normalized spacial score (nSPS) is 21.9. The second-order valence-electron chi connectivity index (χ2n) is 5.87. The van der Waals surface area contributed by atoms with Crippen molar-refractivity contribution in [3.05, 3.63) is 0 Å². The van der Waals surface area contributed by atoms with E-state index in [-0.39, 0.29) is 17.6 Å². The summed E-state index contributed by atoms with van der Waals surface area (Å²) in [6, 6.07) is 0. The predicted molar refractivity (Wildman–Crippen MR) is 74.5 cm³/mol. The maximum Gasteiger partial charge on any atom is 0.249 e. The fourth-order valence-corrected chi connectivity index (χ4v) is 2.03. The predicted octanol–water partition coefficient (Wildman–Crippen LogP) is 2.47. The van der Waals surface area contributed by atoms with Gasteiger partial charge in [0.25, 0.3) is 0 Å². The highest BCUT2D eigenvalue weighted by Gasteiger charge is 2.26. The summed E-state index contributed by atoms with van der Waals surface area (Å²) in [5.41, 5.74) is 0.627. The largest absolute Gasteiger partial charge is 0.411 e. The molecule has 1 amide bonds.